The Labute approximate surface area is 130 Å². The fourth-order valence-electron chi connectivity index (χ4n) is 2.10. The first-order valence-electron chi connectivity index (χ1n) is 6.07. The maximum Gasteiger partial charge on any atom is 0.119 e. The SMILES string of the molecule is CCN1CCN=C1CN(C)c1cccc(Cl)c1Cl.Cl. The number of amidine groups is 1. The van der Waals surface area contributed by atoms with Crippen molar-refractivity contribution in [2.45, 2.75) is 6.92 Å². The Morgan fingerprint density at radius 3 is 2.79 bits per heavy atom. The predicted octanol–water partition coefficient (Wildman–Crippen LogP) is 3.59. The smallest absolute Gasteiger partial charge is 0.119 e. The van der Waals surface area contributed by atoms with Gasteiger partial charge in [-0.1, -0.05) is 29.3 Å². The van der Waals surface area contributed by atoms with Gasteiger partial charge in [0.1, 0.15) is 5.84 Å². The summed E-state index contributed by atoms with van der Waals surface area (Å²) < 4.78 is 0. The molecule has 0 fully saturated rings. The lowest BCUT2D eigenvalue weighted by Gasteiger charge is -2.25. The van der Waals surface area contributed by atoms with Crippen molar-refractivity contribution in [3.63, 3.8) is 0 Å². The van der Waals surface area contributed by atoms with Crippen LogP contribution in [0.25, 0.3) is 0 Å². The van der Waals surface area contributed by atoms with Crippen LogP contribution in [0.15, 0.2) is 23.2 Å². The molecule has 0 bridgehead atoms. The van der Waals surface area contributed by atoms with Gasteiger partial charge in [0.2, 0.25) is 0 Å². The van der Waals surface area contributed by atoms with Crippen molar-refractivity contribution in [3.05, 3.63) is 28.2 Å². The topological polar surface area (TPSA) is 18.8 Å². The minimum Gasteiger partial charge on any atom is -0.366 e. The van der Waals surface area contributed by atoms with E-state index in [-0.39, 0.29) is 12.4 Å². The van der Waals surface area contributed by atoms with Crippen molar-refractivity contribution in [2.24, 2.45) is 4.99 Å². The van der Waals surface area contributed by atoms with Crippen molar-refractivity contribution in [3.8, 4) is 0 Å². The Kier molecular flexibility index (Phi) is 6.24. The van der Waals surface area contributed by atoms with Crippen LogP contribution in [-0.4, -0.2) is 44.0 Å². The zero-order valence-corrected chi connectivity index (χ0v) is 13.4. The first kappa shape index (κ1) is 16.4. The Balaban J connectivity index is 0.00000180. The van der Waals surface area contributed by atoms with E-state index in [2.05, 4.69) is 21.7 Å². The summed E-state index contributed by atoms with van der Waals surface area (Å²) in [6.07, 6.45) is 0. The molecule has 19 heavy (non-hydrogen) atoms. The van der Waals surface area contributed by atoms with Gasteiger partial charge in [0.25, 0.3) is 0 Å². The highest BCUT2D eigenvalue weighted by atomic mass is 35.5. The van der Waals surface area contributed by atoms with Crippen molar-refractivity contribution in [1.82, 2.24) is 4.90 Å². The molecule has 1 aromatic rings. The summed E-state index contributed by atoms with van der Waals surface area (Å²) in [4.78, 5) is 8.90. The van der Waals surface area contributed by atoms with E-state index in [4.69, 9.17) is 23.2 Å². The quantitative estimate of drug-likeness (QED) is 0.843. The molecular weight excluding hydrogens is 305 g/mol. The molecule has 106 valence electrons. The van der Waals surface area contributed by atoms with Crippen LogP contribution in [-0.2, 0) is 0 Å². The van der Waals surface area contributed by atoms with E-state index in [1.54, 1.807) is 6.07 Å². The van der Waals surface area contributed by atoms with Gasteiger partial charge in [-0.05, 0) is 19.1 Å². The molecule has 3 nitrogen and oxygen atoms in total. The summed E-state index contributed by atoms with van der Waals surface area (Å²) in [6.45, 7) is 5.81. The summed E-state index contributed by atoms with van der Waals surface area (Å²) >= 11 is 12.2. The minimum absolute atomic E-state index is 0. The van der Waals surface area contributed by atoms with E-state index in [0.29, 0.717) is 10.0 Å². The zero-order chi connectivity index (χ0) is 13.1. The molecule has 1 aromatic carbocycles. The molecule has 1 aliphatic heterocycles. The minimum atomic E-state index is 0. The number of likely N-dealkylation sites (N-methyl/N-ethyl adjacent to an activating group) is 2. The average Bonchev–Trinajstić information content (AvgIpc) is 2.79. The highest BCUT2D eigenvalue weighted by molar-refractivity contribution is 6.43. The maximum absolute atomic E-state index is 6.22. The van der Waals surface area contributed by atoms with Gasteiger partial charge in [-0.2, -0.15) is 0 Å². The van der Waals surface area contributed by atoms with Gasteiger partial charge in [-0.15, -0.1) is 12.4 Å². The second-order valence-corrected chi connectivity index (χ2v) is 5.09. The van der Waals surface area contributed by atoms with E-state index >= 15 is 0 Å². The summed E-state index contributed by atoms with van der Waals surface area (Å²) in [5.41, 5.74) is 0.940. The molecule has 0 N–H and O–H groups in total. The Bertz CT molecular complexity index is 462. The van der Waals surface area contributed by atoms with Gasteiger partial charge >= 0.3 is 0 Å². The molecule has 0 unspecified atom stereocenters. The molecule has 0 aromatic heterocycles. The average molecular weight is 323 g/mol. The van der Waals surface area contributed by atoms with Crippen LogP contribution in [0.2, 0.25) is 10.0 Å². The van der Waals surface area contributed by atoms with Crippen molar-refractivity contribution >= 4 is 47.1 Å². The third-order valence-corrected chi connectivity index (χ3v) is 3.94. The summed E-state index contributed by atoms with van der Waals surface area (Å²) in [7, 11) is 2.01. The Morgan fingerprint density at radius 2 is 2.11 bits per heavy atom. The highest BCUT2D eigenvalue weighted by Crippen LogP contribution is 2.31. The standard InChI is InChI=1S/C13H17Cl2N3.ClH/c1-3-18-8-7-16-12(18)9-17(2)11-6-4-5-10(14)13(11)15;/h4-6H,3,7-9H2,1-2H3;1H. The number of aliphatic imine (C=N–C) groups is 1. The Morgan fingerprint density at radius 1 is 1.37 bits per heavy atom. The van der Waals surface area contributed by atoms with Gasteiger partial charge < -0.3 is 9.80 Å². The summed E-state index contributed by atoms with van der Waals surface area (Å²) in [6, 6.07) is 5.68. The van der Waals surface area contributed by atoms with Crippen molar-refractivity contribution in [1.29, 1.82) is 0 Å². The molecular formula is C13H18Cl3N3. The number of hydrogen-bond donors (Lipinski definition) is 0. The maximum atomic E-state index is 6.22. The van der Waals surface area contributed by atoms with Crippen LogP contribution < -0.4 is 4.90 Å². The zero-order valence-electron chi connectivity index (χ0n) is 11.1. The predicted molar refractivity (Wildman–Crippen MR) is 86.5 cm³/mol. The van der Waals surface area contributed by atoms with E-state index < -0.39 is 0 Å². The number of benzene rings is 1. The number of anilines is 1. The molecule has 0 saturated carbocycles. The lowest BCUT2D eigenvalue weighted by molar-refractivity contribution is 0.477. The van der Waals surface area contributed by atoms with Crippen LogP contribution in [0.3, 0.4) is 0 Å². The number of rotatable bonds is 4. The molecule has 0 radical (unpaired) electrons. The van der Waals surface area contributed by atoms with Crippen molar-refractivity contribution < 1.29 is 0 Å². The molecule has 2 rings (SSSR count). The van der Waals surface area contributed by atoms with E-state index in [0.717, 1.165) is 37.7 Å². The molecule has 1 aliphatic rings. The fourth-order valence-corrected chi connectivity index (χ4v) is 2.54. The van der Waals surface area contributed by atoms with Crippen LogP contribution in [0, 0.1) is 0 Å². The second-order valence-electron chi connectivity index (χ2n) is 4.31. The van der Waals surface area contributed by atoms with E-state index in [1.165, 1.54) is 0 Å². The molecule has 0 spiro atoms. The molecule has 0 aliphatic carbocycles. The molecule has 0 amide bonds. The highest BCUT2D eigenvalue weighted by Gasteiger charge is 2.18. The van der Waals surface area contributed by atoms with Gasteiger partial charge in [0, 0.05) is 20.1 Å². The third-order valence-electron chi connectivity index (χ3n) is 3.13. The first-order valence-corrected chi connectivity index (χ1v) is 6.82. The number of nitrogens with zero attached hydrogens (tertiary/aromatic N) is 3. The summed E-state index contributed by atoms with van der Waals surface area (Å²) in [5.74, 6) is 1.12. The second kappa shape index (κ2) is 7.22. The molecule has 1 heterocycles. The van der Waals surface area contributed by atoms with Crippen LogP contribution in [0.5, 0.6) is 0 Å². The number of hydrogen-bond acceptors (Lipinski definition) is 3. The lowest BCUT2D eigenvalue weighted by atomic mass is 10.3. The fraction of sp³-hybridized carbons (Fsp3) is 0.462. The first-order chi connectivity index (χ1) is 8.63. The Hall–Kier alpha value is -0.640. The molecule has 0 atom stereocenters. The number of halogens is 3. The van der Waals surface area contributed by atoms with Gasteiger partial charge in [0.05, 0.1) is 28.8 Å². The monoisotopic (exact) mass is 321 g/mol. The summed E-state index contributed by atoms with van der Waals surface area (Å²) in [5, 5.41) is 1.19. The van der Waals surface area contributed by atoms with E-state index in [1.807, 2.05) is 19.2 Å². The third kappa shape index (κ3) is 3.68. The van der Waals surface area contributed by atoms with Crippen molar-refractivity contribution in [2.75, 3.05) is 38.1 Å². The van der Waals surface area contributed by atoms with Crippen LogP contribution >= 0.6 is 35.6 Å². The van der Waals surface area contributed by atoms with Gasteiger partial charge in [-0.25, -0.2) is 0 Å². The van der Waals surface area contributed by atoms with E-state index in [9.17, 15) is 0 Å². The van der Waals surface area contributed by atoms with Crippen LogP contribution in [0.4, 0.5) is 5.69 Å². The largest absolute Gasteiger partial charge is 0.366 e. The molecule has 0 saturated heterocycles. The van der Waals surface area contributed by atoms with Crippen LogP contribution in [0.1, 0.15) is 6.92 Å². The normalized spacial score (nSPS) is 14.1. The lowest BCUT2D eigenvalue weighted by Crippen LogP contribution is -2.36. The molecule has 6 heteroatoms. The van der Waals surface area contributed by atoms with Gasteiger partial charge in [-0.3, -0.25) is 4.99 Å². The van der Waals surface area contributed by atoms with Gasteiger partial charge in [0.15, 0.2) is 0 Å².